The van der Waals surface area contributed by atoms with Gasteiger partial charge in [0.25, 0.3) is 0 Å². The molecule has 0 radical (unpaired) electrons. The van der Waals surface area contributed by atoms with E-state index >= 15 is 0 Å². The van der Waals surface area contributed by atoms with Crippen LogP contribution < -0.4 is 10.6 Å². The summed E-state index contributed by atoms with van der Waals surface area (Å²) in [6.45, 7) is 3.70. The second-order valence-electron chi connectivity index (χ2n) is 7.27. The highest BCUT2D eigenvalue weighted by molar-refractivity contribution is 8.18. The van der Waals surface area contributed by atoms with Gasteiger partial charge < -0.3 is 15.0 Å². The van der Waals surface area contributed by atoms with E-state index in [1.165, 1.54) is 11.8 Å². The number of nitrogens with zero attached hydrogens (tertiary/aromatic N) is 3. The fourth-order valence-corrected chi connectivity index (χ4v) is 3.90. The molecule has 0 atom stereocenters. The first kappa shape index (κ1) is 21.1. The van der Waals surface area contributed by atoms with E-state index in [2.05, 4.69) is 20.6 Å². The van der Waals surface area contributed by atoms with E-state index in [0.29, 0.717) is 26.5 Å². The van der Waals surface area contributed by atoms with Crippen molar-refractivity contribution in [2.24, 2.45) is 10.9 Å². The second kappa shape index (κ2) is 8.95. The molecule has 0 spiro atoms. The maximum Gasteiger partial charge on any atom is 0.226 e. The number of halogens is 1. The molecule has 1 amide bonds. The SMILES string of the molecule is CC(C)C(=O)Nc1ccc(Cl)c(NC2=NCC(=O)/C(=C/c3ccc4nccn4c3)S2)c1. The number of Topliss-reactive ketones (excluding diaryl/α,β-unsaturated/α-hetero) is 1. The average molecular weight is 454 g/mol. The summed E-state index contributed by atoms with van der Waals surface area (Å²) in [5.41, 5.74) is 2.96. The van der Waals surface area contributed by atoms with Gasteiger partial charge in [-0.2, -0.15) is 0 Å². The Bertz CT molecular complexity index is 1230. The highest BCUT2D eigenvalue weighted by Gasteiger charge is 2.20. The first-order valence-corrected chi connectivity index (χ1v) is 10.9. The van der Waals surface area contributed by atoms with Crippen molar-refractivity contribution in [1.29, 1.82) is 0 Å². The number of thioether (sulfide) groups is 1. The summed E-state index contributed by atoms with van der Waals surface area (Å²) in [5, 5.41) is 7.07. The zero-order valence-electron chi connectivity index (χ0n) is 16.9. The largest absolute Gasteiger partial charge is 0.333 e. The molecular formula is C22H20ClN5O2S. The number of nitrogens with one attached hydrogen (secondary N) is 2. The number of imidazole rings is 1. The Labute approximate surface area is 188 Å². The topological polar surface area (TPSA) is 87.9 Å². The van der Waals surface area contributed by atoms with E-state index in [4.69, 9.17) is 11.6 Å². The molecule has 0 saturated heterocycles. The Kier molecular flexibility index (Phi) is 6.11. The number of rotatable bonds is 4. The Morgan fingerprint density at radius 3 is 2.94 bits per heavy atom. The Morgan fingerprint density at radius 2 is 2.13 bits per heavy atom. The lowest BCUT2D eigenvalue weighted by Gasteiger charge is -2.17. The Morgan fingerprint density at radius 1 is 1.29 bits per heavy atom. The number of carbonyl (C=O) groups excluding carboxylic acids is 2. The van der Waals surface area contributed by atoms with E-state index in [9.17, 15) is 9.59 Å². The number of anilines is 2. The van der Waals surface area contributed by atoms with Crippen molar-refractivity contribution >= 4 is 63.3 Å². The summed E-state index contributed by atoms with van der Waals surface area (Å²) in [5.74, 6) is -0.265. The fraction of sp³-hybridized carbons (Fsp3) is 0.182. The molecule has 2 aromatic heterocycles. The van der Waals surface area contributed by atoms with Crippen LogP contribution in [0, 0.1) is 5.92 Å². The minimum atomic E-state index is -0.134. The highest BCUT2D eigenvalue weighted by Crippen LogP contribution is 2.31. The molecule has 0 fully saturated rings. The van der Waals surface area contributed by atoms with E-state index in [1.54, 1.807) is 24.4 Å². The van der Waals surface area contributed by atoms with Crippen molar-refractivity contribution in [3.8, 4) is 0 Å². The van der Waals surface area contributed by atoms with E-state index in [-0.39, 0.29) is 24.2 Å². The molecule has 31 heavy (non-hydrogen) atoms. The van der Waals surface area contributed by atoms with E-state index in [1.807, 2.05) is 48.9 Å². The number of ketones is 1. The molecule has 2 N–H and O–H groups in total. The predicted molar refractivity (Wildman–Crippen MR) is 127 cm³/mol. The van der Waals surface area contributed by atoms with Crippen molar-refractivity contribution < 1.29 is 9.59 Å². The minimum Gasteiger partial charge on any atom is -0.333 e. The van der Waals surface area contributed by atoms with Crippen LogP contribution in [-0.4, -0.2) is 32.8 Å². The fourth-order valence-electron chi connectivity index (χ4n) is 2.86. The molecule has 9 heteroatoms. The molecule has 1 aromatic carbocycles. The van der Waals surface area contributed by atoms with Crippen LogP contribution in [0.1, 0.15) is 19.4 Å². The lowest BCUT2D eigenvalue weighted by molar-refractivity contribution is -0.119. The quantitative estimate of drug-likeness (QED) is 0.558. The molecule has 158 valence electrons. The highest BCUT2D eigenvalue weighted by atomic mass is 35.5. The number of aliphatic imine (C=N–C) groups is 1. The minimum absolute atomic E-state index is 0.0506. The van der Waals surface area contributed by atoms with E-state index < -0.39 is 0 Å². The number of hydrogen-bond acceptors (Lipinski definition) is 6. The van der Waals surface area contributed by atoms with Crippen molar-refractivity contribution in [1.82, 2.24) is 9.38 Å². The summed E-state index contributed by atoms with van der Waals surface area (Å²) in [6, 6.07) is 9.01. The lowest BCUT2D eigenvalue weighted by atomic mass is 10.2. The van der Waals surface area contributed by atoms with Gasteiger partial charge in [0.1, 0.15) is 12.2 Å². The van der Waals surface area contributed by atoms with Crippen LogP contribution in [0.5, 0.6) is 0 Å². The van der Waals surface area contributed by atoms with Crippen molar-refractivity contribution in [2.75, 3.05) is 17.2 Å². The smallest absolute Gasteiger partial charge is 0.226 e. The van der Waals surface area contributed by atoms with Gasteiger partial charge in [-0.3, -0.25) is 14.6 Å². The summed E-state index contributed by atoms with van der Waals surface area (Å²) in [7, 11) is 0. The number of amides is 1. The van der Waals surface area contributed by atoms with Crippen LogP contribution in [-0.2, 0) is 9.59 Å². The second-order valence-corrected chi connectivity index (χ2v) is 8.71. The molecule has 1 aliphatic rings. The summed E-state index contributed by atoms with van der Waals surface area (Å²) in [4.78, 5) is 33.5. The third-order valence-corrected chi connectivity index (χ3v) is 5.88. The normalized spacial score (nSPS) is 15.4. The van der Waals surface area contributed by atoms with Gasteiger partial charge >= 0.3 is 0 Å². The van der Waals surface area contributed by atoms with Crippen molar-refractivity contribution in [3.05, 3.63) is 64.4 Å². The number of benzene rings is 1. The number of carbonyl (C=O) groups is 2. The molecule has 7 nitrogen and oxygen atoms in total. The first-order valence-electron chi connectivity index (χ1n) is 9.66. The standard InChI is InChI=1S/C22H20ClN5O2S/c1-13(2)21(30)26-15-4-5-16(23)17(10-15)27-22-25-11-18(29)19(31-22)9-14-3-6-20-24-7-8-28(20)12-14/h3-10,12-13H,11H2,1-2H3,(H,25,27)(H,26,30)/b19-9-. The Hall–Kier alpha value is -3.10. The molecule has 0 saturated carbocycles. The third kappa shape index (κ3) is 4.98. The van der Waals surface area contributed by atoms with Crippen molar-refractivity contribution in [2.45, 2.75) is 13.8 Å². The van der Waals surface area contributed by atoms with Crippen LogP contribution in [0.15, 0.2) is 58.8 Å². The van der Waals surface area contributed by atoms with Gasteiger partial charge in [0, 0.05) is 30.2 Å². The van der Waals surface area contributed by atoms with Gasteiger partial charge in [-0.1, -0.05) is 25.4 Å². The van der Waals surface area contributed by atoms with Gasteiger partial charge in [0.15, 0.2) is 11.0 Å². The zero-order valence-corrected chi connectivity index (χ0v) is 18.5. The summed E-state index contributed by atoms with van der Waals surface area (Å²) in [6.07, 6.45) is 7.33. The van der Waals surface area contributed by atoms with Gasteiger partial charge in [0.05, 0.1) is 15.6 Å². The number of pyridine rings is 1. The van der Waals surface area contributed by atoms with Gasteiger partial charge in [-0.25, -0.2) is 4.98 Å². The molecular weight excluding hydrogens is 434 g/mol. The molecule has 3 heterocycles. The molecule has 0 bridgehead atoms. The summed E-state index contributed by atoms with van der Waals surface area (Å²) < 4.78 is 1.90. The maximum absolute atomic E-state index is 12.4. The Balaban J connectivity index is 1.53. The zero-order chi connectivity index (χ0) is 22.0. The molecule has 3 aromatic rings. The monoisotopic (exact) mass is 453 g/mol. The predicted octanol–water partition coefficient (Wildman–Crippen LogP) is 4.71. The number of fused-ring (bicyclic) bond motifs is 1. The molecule has 0 unspecified atom stereocenters. The van der Waals surface area contributed by atoms with E-state index in [0.717, 1.165) is 11.2 Å². The summed E-state index contributed by atoms with van der Waals surface area (Å²) >= 11 is 7.57. The maximum atomic E-state index is 12.4. The number of aromatic nitrogens is 2. The molecule has 1 aliphatic heterocycles. The van der Waals surface area contributed by atoms with Gasteiger partial charge in [0.2, 0.25) is 5.91 Å². The van der Waals surface area contributed by atoms with Crippen LogP contribution in [0.2, 0.25) is 5.02 Å². The van der Waals surface area contributed by atoms with Crippen LogP contribution >= 0.6 is 23.4 Å². The first-order chi connectivity index (χ1) is 14.9. The van der Waals surface area contributed by atoms with Crippen LogP contribution in [0.25, 0.3) is 11.7 Å². The lowest BCUT2D eigenvalue weighted by Crippen LogP contribution is -2.20. The molecule has 4 rings (SSSR count). The average Bonchev–Trinajstić information content (AvgIpc) is 3.20. The van der Waals surface area contributed by atoms with Crippen LogP contribution in [0.3, 0.4) is 0 Å². The van der Waals surface area contributed by atoms with Gasteiger partial charge in [-0.15, -0.1) is 0 Å². The number of hydrogen-bond donors (Lipinski definition) is 2. The van der Waals surface area contributed by atoms with Crippen LogP contribution in [0.4, 0.5) is 11.4 Å². The van der Waals surface area contributed by atoms with Crippen molar-refractivity contribution in [3.63, 3.8) is 0 Å². The molecule has 0 aliphatic carbocycles. The number of amidine groups is 1. The van der Waals surface area contributed by atoms with Gasteiger partial charge in [-0.05, 0) is 53.7 Å². The third-order valence-electron chi connectivity index (χ3n) is 4.56.